The summed E-state index contributed by atoms with van der Waals surface area (Å²) in [5, 5.41) is 3.58. The highest BCUT2D eigenvalue weighted by Gasteiger charge is 2.32. The molecule has 0 radical (unpaired) electrons. The summed E-state index contributed by atoms with van der Waals surface area (Å²) < 4.78 is 0. The Morgan fingerprint density at radius 2 is 2.00 bits per heavy atom. The lowest BCUT2D eigenvalue weighted by Gasteiger charge is -2.38. The first-order valence-electron chi connectivity index (χ1n) is 9.07. The van der Waals surface area contributed by atoms with Crippen LogP contribution in [0.2, 0.25) is 0 Å². The second-order valence-corrected chi connectivity index (χ2v) is 7.30. The summed E-state index contributed by atoms with van der Waals surface area (Å²) in [5.41, 5.74) is 4.85. The Morgan fingerprint density at radius 1 is 1.27 bits per heavy atom. The maximum atomic E-state index is 4.20. The first-order chi connectivity index (χ1) is 10.6. The highest BCUT2D eigenvalue weighted by Crippen LogP contribution is 2.40. The zero-order chi connectivity index (χ0) is 16.0. The van der Waals surface area contributed by atoms with Crippen LogP contribution in [0.4, 0.5) is 0 Å². The van der Waals surface area contributed by atoms with E-state index in [9.17, 15) is 0 Å². The van der Waals surface area contributed by atoms with Gasteiger partial charge in [-0.2, -0.15) is 0 Å². The van der Waals surface area contributed by atoms with Gasteiger partial charge >= 0.3 is 0 Å². The van der Waals surface area contributed by atoms with Crippen LogP contribution >= 0.6 is 0 Å². The van der Waals surface area contributed by atoms with Crippen molar-refractivity contribution in [2.45, 2.75) is 65.7 Å². The van der Waals surface area contributed by atoms with E-state index in [2.05, 4.69) is 56.9 Å². The zero-order valence-corrected chi connectivity index (χ0v) is 14.8. The fourth-order valence-electron chi connectivity index (χ4n) is 3.70. The summed E-state index contributed by atoms with van der Waals surface area (Å²) in [6.45, 7) is 12.2. The van der Waals surface area contributed by atoms with Gasteiger partial charge in [-0.3, -0.25) is 0 Å². The maximum Gasteiger partial charge on any atom is 0.0149 e. The van der Waals surface area contributed by atoms with E-state index in [-0.39, 0.29) is 0 Å². The van der Waals surface area contributed by atoms with E-state index in [1.54, 1.807) is 11.1 Å². The first-order valence-corrected chi connectivity index (χ1v) is 9.07. The van der Waals surface area contributed by atoms with Crippen LogP contribution in [0.15, 0.2) is 36.5 Å². The molecule has 1 aliphatic carbocycles. The molecule has 0 fully saturated rings. The molecule has 1 aromatic rings. The van der Waals surface area contributed by atoms with Crippen molar-refractivity contribution in [1.29, 1.82) is 0 Å². The van der Waals surface area contributed by atoms with Gasteiger partial charge in [-0.25, -0.2) is 0 Å². The summed E-state index contributed by atoms with van der Waals surface area (Å²) in [7, 11) is 0. The van der Waals surface area contributed by atoms with Gasteiger partial charge in [-0.15, -0.1) is 0 Å². The molecule has 1 N–H and O–H groups in total. The molecule has 0 saturated heterocycles. The highest BCUT2D eigenvalue weighted by atomic mass is 14.9. The third kappa shape index (κ3) is 4.38. The van der Waals surface area contributed by atoms with Gasteiger partial charge in [-0.1, -0.05) is 64.5 Å². The molecule has 0 saturated carbocycles. The fraction of sp³-hybridized carbons (Fsp3) is 0.619. The minimum atomic E-state index is 0.484. The second-order valence-electron chi connectivity index (χ2n) is 7.30. The van der Waals surface area contributed by atoms with Gasteiger partial charge in [0.2, 0.25) is 0 Å². The number of fused-ring (bicyclic) bond motifs is 1. The molecule has 22 heavy (non-hydrogen) atoms. The Bertz CT molecular complexity index is 490. The zero-order valence-electron chi connectivity index (χ0n) is 14.8. The van der Waals surface area contributed by atoms with Crippen molar-refractivity contribution >= 4 is 0 Å². The average molecular weight is 300 g/mol. The van der Waals surface area contributed by atoms with Crippen LogP contribution in [0.3, 0.4) is 0 Å². The SMILES string of the molecule is C=C(CC(C)CC)NCCC1(CC)CCc2ccccc2C1. The van der Waals surface area contributed by atoms with Gasteiger partial charge in [0.25, 0.3) is 0 Å². The van der Waals surface area contributed by atoms with Crippen molar-refractivity contribution in [2.75, 3.05) is 6.54 Å². The lowest BCUT2D eigenvalue weighted by Crippen LogP contribution is -2.32. The third-order valence-electron chi connectivity index (χ3n) is 5.68. The average Bonchev–Trinajstić information content (AvgIpc) is 2.54. The largest absolute Gasteiger partial charge is 0.389 e. The molecule has 1 nitrogen and oxygen atoms in total. The molecule has 0 heterocycles. The van der Waals surface area contributed by atoms with Gasteiger partial charge < -0.3 is 5.32 Å². The molecule has 0 aliphatic heterocycles. The third-order valence-corrected chi connectivity index (χ3v) is 5.68. The van der Waals surface area contributed by atoms with Gasteiger partial charge in [0.05, 0.1) is 0 Å². The number of allylic oxidation sites excluding steroid dienone is 1. The molecular formula is C21H33N. The smallest absolute Gasteiger partial charge is 0.0149 e. The van der Waals surface area contributed by atoms with Crippen LogP contribution in [0, 0.1) is 11.3 Å². The van der Waals surface area contributed by atoms with Gasteiger partial charge in [0, 0.05) is 12.2 Å². The normalized spacial score (nSPS) is 22.0. The molecule has 0 spiro atoms. The predicted octanol–water partition coefficient (Wildman–Crippen LogP) is 5.50. The van der Waals surface area contributed by atoms with Gasteiger partial charge in [0.1, 0.15) is 0 Å². The topological polar surface area (TPSA) is 12.0 Å². The molecule has 2 unspecified atom stereocenters. The Hall–Kier alpha value is -1.24. The number of nitrogens with one attached hydrogen (secondary N) is 1. The van der Waals surface area contributed by atoms with E-state index in [1.165, 1.54) is 44.2 Å². The number of benzene rings is 1. The standard InChI is InChI=1S/C21H33N/c1-5-17(3)15-18(4)22-14-13-21(6-2)12-11-19-9-7-8-10-20(19)16-21/h7-10,17,22H,4-6,11-16H2,1-3H3. The molecule has 2 rings (SSSR count). The Kier molecular flexibility index (Phi) is 6.11. The van der Waals surface area contributed by atoms with Crippen LogP contribution in [0.25, 0.3) is 0 Å². The van der Waals surface area contributed by atoms with E-state index >= 15 is 0 Å². The fourth-order valence-corrected chi connectivity index (χ4v) is 3.70. The van der Waals surface area contributed by atoms with E-state index < -0.39 is 0 Å². The van der Waals surface area contributed by atoms with Crippen LogP contribution in [-0.2, 0) is 12.8 Å². The van der Waals surface area contributed by atoms with Crippen molar-refractivity contribution in [2.24, 2.45) is 11.3 Å². The van der Waals surface area contributed by atoms with E-state index in [4.69, 9.17) is 0 Å². The molecule has 2 atom stereocenters. The molecule has 1 aromatic carbocycles. The van der Waals surface area contributed by atoms with Crippen molar-refractivity contribution in [1.82, 2.24) is 5.32 Å². The van der Waals surface area contributed by atoms with Crippen LogP contribution in [0.5, 0.6) is 0 Å². The lowest BCUT2D eigenvalue weighted by atomic mass is 9.68. The minimum absolute atomic E-state index is 0.484. The summed E-state index contributed by atoms with van der Waals surface area (Å²) in [5.74, 6) is 0.738. The Labute approximate surface area is 137 Å². The maximum absolute atomic E-state index is 4.20. The molecular weight excluding hydrogens is 266 g/mol. The van der Waals surface area contributed by atoms with E-state index in [0.717, 1.165) is 18.9 Å². The van der Waals surface area contributed by atoms with Crippen LogP contribution < -0.4 is 5.32 Å². The summed E-state index contributed by atoms with van der Waals surface area (Å²) in [6.07, 6.45) is 8.71. The van der Waals surface area contributed by atoms with Crippen LogP contribution in [-0.4, -0.2) is 6.54 Å². The van der Waals surface area contributed by atoms with Crippen molar-refractivity contribution in [3.63, 3.8) is 0 Å². The van der Waals surface area contributed by atoms with Crippen molar-refractivity contribution < 1.29 is 0 Å². The molecule has 0 amide bonds. The summed E-state index contributed by atoms with van der Waals surface area (Å²) in [6, 6.07) is 9.00. The molecule has 1 aliphatic rings. The van der Waals surface area contributed by atoms with E-state index in [1.807, 2.05) is 0 Å². The molecule has 1 heteroatoms. The summed E-state index contributed by atoms with van der Waals surface area (Å²) in [4.78, 5) is 0. The predicted molar refractivity (Wildman–Crippen MR) is 97.0 cm³/mol. The number of hydrogen-bond donors (Lipinski definition) is 1. The minimum Gasteiger partial charge on any atom is -0.389 e. The number of rotatable bonds is 8. The quantitative estimate of drug-likeness (QED) is 0.668. The molecule has 0 aromatic heterocycles. The molecule has 0 bridgehead atoms. The van der Waals surface area contributed by atoms with Gasteiger partial charge in [-0.05, 0) is 54.6 Å². The number of hydrogen-bond acceptors (Lipinski definition) is 1. The molecule has 122 valence electrons. The van der Waals surface area contributed by atoms with Crippen molar-refractivity contribution in [3.8, 4) is 0 Å². The Morgan fingerprint density at radius 3 is 2.68 bits per heavy atom. The van der Waals surface area contributed by atoms with Crippen molar-refractivity contribution in [3.05, 3.63) is 47.7 Å². The first kappa shape index (κ1) is 17.1. The number of aryl methyl sites for hydroxylation is 1. The monoisotopic (exact) mass is 299 g/mol. The second kappa shape index (κ2) is 7.85. The Balaban J connectivity index is 1.87. The summed E-state index contributed by atoms with van der Waals surface area (Å²) >= 11 is 0. The van der Waals surface area contributed by atoms with Crippen LogP contribution in [0.1, 0.15) is 64.0 Å². The lowest BCUT2D eigenvalue weighted by molar-refractivity contribution is 0.213. The van der Waals surface area contributed by atoms with E-state index in [0.29, 0.717) is 5.41 Å². The van der Waals surface area contributed by atoms with Gasteiger partial charge in [0.15, 0.2) is 0 Å². The highest BCUT2D eigenvalue weighted by molar-refractivity contribution is 5.31.